The van der Waals surface area contributed by atoms with Crippen LogP contribution in [-0.2, 0) is 9.59 Å². The number of rotatable bonds is 9. The van der Waals surface area contributed by atoms with Crippen molar-refractivity contribution < 1.29 is 18.8 Å². The highest BCUT2D eigenvalue weighted by Gasteiger charge is 2.25. The summed E-state index contributed by atoms with van der Waals surface area (Å²) in [4.78, 5) is 42.6. The lowest BCUT2D eigenvalue weighted by atomic mass is 10.1. The van der Waals surface area contributed by atoms with Gasteiger partial charge in [-0.05, 0) is 43.9 Å². The second-order valence-corrected chi connectivity index (χ2v) is 7.87. The van der Waals surface area contributed by atoms with E-state index in [9.17, 15) is 18.8 Å². The lowest BCUT2D eigenvalue weighted by molar-refractivity contribution is -0.133. The molecule has 2 rings (SSSR count). The summed E-state index contributed by atoms with van der Waals surface area (Å²) in [5.74, 6) is -0.458. The van der Waals surface area contributed by atoms with Gasteiger partial charge < -0.3 is 14.7 Å². The molecule has 0 bridgehead atoms. The van der Waals surface area contributed by atoms with E-state index in [4.69, 9.17) is 0 Å². The molecule has 0 radical (unpaired) electrons. The van der Waals surface area contributed by atoms with Gasteiger partial charge in [-0.15, -0.1) is 0 Å². The minimum Gasteiger partial charge on any atom is -0.343 e. The fourth-order valence-corrected chi connectivity index (χ4v) is 3.68. The van der Waals surface area contributed by atoms with Crippen molar-refractivity contribution in [1.29, 1.82) is 0 Å². The topological polar surface area (TPSA) is 60.9 Å². The van der Waals surface area contributed by atoms with Crippen molar-refractivity contribution in [3.63, 3.8) is 0 Å². The average molecular weight is 420 g/mol. The van der Waals surface area contributed by atoms with Gasteiger partial charge in [-0.2, -0.15) is 0 Å². The number of hydrogen-bond acceptors (Lipinski definition) is 3. The molecule has 0 aromatic heterocycles. The van der Waals surface area contributed by atoms with Crippen molar-refractivity contribution in [3.05, 3.63) is 35.1 Å². The first-order valence-corrected chi connectivity index (χ1v) is 11.0. The van der Waals surface area contributed by atoms with Crippen molar-refractivity contribution in [2.24, 2.45) is 0 Å². The van der Waals surface area contributed by atoms with Crippen LogP contribution in [0, 0.1) is 12.7 Å². The molecule has 1 aromatic carbocycles. The van der Waals surface area contributed by atoms with Crippen LogP contribution >= 0.6 is 0 Å². The first kappa shape index (κ1) is 23.8. The Bertz CT molecular complexity index is 739. The van der Waals surface area contributed by atoms with Crippen LogP contribution in [0.5, 0.6) is 0 Å². The van der Waals surface area contributed by atoms with E-state index in [0.29, 0.717) is 56.6 Å². The molecule has 1 aliphatic rings. The summed E-state index contributed by atoms with van der Waals surface area (Å²) in [5.41, 5.74) is 0.841. The molecular weight excluding hydrogens is 385 g/mol. The van der Waals surface area contributed by atoms with Crippen LogP contribution in [0.15, 0.2) is 18.2 Å². The van der Waals surface area contributed by atoms with Gasteiger partial charge in [0, 0.05) is 57.7 Å². The van der Waals surface area contributed by atoms with E-state index < -0.39 is 0 Å². The molecule has 0 atom stereocenters. The number of halogens is 1. The maximum Gasteiger partial charge on any atom is 0.254 e. The molecule has 1 aliphatic heterocycles. The molecule has 0 saturated carbocycles. The summed E-state index contributed by atoms with van der Waals surface area (Å²) in [6.45, 7) is 9.09. The molecule has 166 valence electrons. The van der Waals surface area contributed by atoms with Gasteiger partial charge in [-0.25, -0.2) is 4.39 Å². The van der Waals surface area contributed by atoms with Crippen LogP contribution in [0.25, 0.3) is 0 Å². The van der Waals surface area contributed by atoms with Gasteiger partial charge >= 0.3 is 0 Å². The second-order valence-electron chi connectivity index (χ2n) is 7.87. The third-order valence-electron chi connectivity index (χ3n) is 5.46. The van der Waals surface area contributed by atoms with Crippen molar-refractivity contribution in [2.75, 3.05) is 39.3 Å². The van der Waals surface area contributed by atoms with Crippen molar-refractivity contribution in [1.82, 2.24) is 14.7 Å². The zero-order valence-corrected chi connectivity index (χ0v) is 18.5. The zero-order valence-electron chi connectivity index (χ0n) is 18.5. The summed E-state index contributed by atoms with van der Waals surface area (Å²) >= 11 is 0. The third-order valence-corrected chi connectivity index (χ3v) is 5.46. The molecule has 30 heavy (non-hydrogen) atoms. The first-order valence-electron chi connectivity index (χ1n) is 11.0. The summed E-state index contributed by atoms with van der Waals surface area (Å²) in [6, 6.07) is 4.51. The normalized spacial score (nSPS) is 14.0. The van der Waals surface area contributed by atoms with E-state index in [0.717, 1.165) is 25.9 Å². The predicted molar refractivity (Wildman–Crippen MR) is 115 cm³/mol. The van der Waals surface area contributed by atoms with Crippen LogP contribution in [-0.4, -0.2) is 71.7 Å². The number of hydrogen-bond donors (Lipinski definition) is 0. The van der Waals surface area contributed by atoms with E-state index in [-0.39, 0.29) is 23.5 Å². The van der Waals surface area contributed by atoms with Crippen LogP contribution in [0.4, 0.5) is 4.39 Å². The van der Waals surface area contributed by atoms with Gasteiger partial charge in [0.25, 0.3) is 5.91 Å². The Kier molecular flexibility index (Phi) is 9.27. The molecule has 1 heterocycles. The standard InChI is InChI=1S/C23H34FN3O3/c1-4-11-25(12-5-2)21(28)7-6-8-22(29)26-13-15-27(16-14-26)23(30)19-10-9-18(3)20(24)17-19/h9-10,17H,4-8,11-16H2,1-3H3. The molecular formula is C23H34FN3O3. The Hall–Kier alpha value is -2.44. The van der Waals surface area contributed by atoms with Gasteiger partial charge in [0.15, 0.2) is 0 Å². The Morgan fingerprint density at radius 1 is 0.967 bits per heavy atom. The minimum absolute atomic E-state index is 0.0220. The first-order chi connectivity index (χ1) is 14.4. The molecule has 1 aromatic rings. The molecule has 0 N–H and O–H groups in total. The highest BCUT2D eigenvalue weighted by molar-refractivity contribution is 5.94. The fraction of sp³-hybridized carbons (Fsp3) is 0.609. The van der Waals surface area contributed by atoms with Crippen molar-refractivity contribution >= 4 is 17.7 Å². The van der Waals surface area contributed by atoms with E-state index in [1.807, 2.05) is 4.90 Å². The smallest absolute Gasteiger partial charge is 0.254 e. The molecule has 0 spiro atoms. The zero-order chi connectivity index (χ0) is 22.1. The van der Waals surface area contributed by atoms with Crippen LogP contribution in [0.1, 0.15) is 61.9 Å². The minimum atomic E-state index is -0.388. The molecule has 0 aliphatic carbocycles. The summed E-state index contributed by atoms with van der Waals surface area (Å²) < 4.78 is 13.7. The van der Waals surface area contributed by atoms with Gasteiger partial charge in [-0.3, -0.25) is 14.4 Å². The summed E-state index contributed by atoms with van der Waals surface area (Å²) in [6.07, 6.45) is 3.15. The maximum absolute atomic E-state index is 13.7. The monoisotopic (exact) mass is 419 g/mol. The lowest BCUT2D eigenvalue weighted by Gasteiger charge is -2.35. The van der Waals surface area contributed by atoms with E-state index >= 15 is 0 Å². The molecule has 0 unspecified atom stereocenters. The van der Waals surface area contributed by atoms with E-state index in [1.54, 1.807) is 28.9 Å². The molecule has 6 nitrogen and oxygen atoms in total. The van der Waals surface area contributed by atoms with Crippen molar-refractivity contribution in [2.45, 2.75) is 52.9 Å². The highest BCUT2D eigenvalue weighted by atomic mass is 19.1. The Balaban J connectivity index is 1.76. The number of benzene rings is 1. The molecule has 1 fully saturated rings. The SMILES string of the molecule is CCCN(CCC)C(=O)CCCC(=O)N1CCN(C(=O)c2ccc(C)c(F)c2)CC1. The number of aryl methyl sites for hydroxylation is 1. The van der Waals surface area contributed by atoms with E-state index in [2.05, 4.69) is 13.8 Å². The van der Waals surface area contributed by atoms with Crippen molar-refractivity contribution in [3.8, 4) is 0 Å². The number of nitrogens with zero attached hydrogens (tertiary/aromatic N) is 3. The van der Waals surface area contributed by atoms with Gasteiger partial charge in [0.2, 0.25) is 11.8 Å². The average Bonchev–Trinajstić information content (AvgIpc) is 2.75. The number of amides is 3. The van der Waals surface area contributed by atoms with E-state index in [1.165, 1.54) is 6.07 Å². The maximum atomic E-state index is 13.7. The molecule has 1 saturated heterocycles. The van der Waals surface area contributed by atoms with Crippen LogP contribution in [0.3, 0.4) is 0 Å². The van der Waals surface area contributed by atoms with Gasteiger partial charge in [0.05, 0.1) is 0 Å². The Morgan fingerprint density at radius 3 is 2.13 bits per heavy atom. The van der Waals surface area contributed by atoms with Gasteiger partial charge in [-0.1, -0.05) is 19.9 Å². The van der Waals surface area contributed by atoms with Gasteiger partial charge in [0.1, 0.15) is 5.82 Å². The highest BCUT2D eigenvalue weighted by Crippen LogP contribution is 2.14. The summed E-state index contributed by atoms with van der Waals surface area (Å²) in [7, 11) is 0. The number of piperazine rings is 1. The molecule has 7 heteroatoms. The second kappa shape index (κ2) is 11.7. The summed E-state index contributed by atoms with van der Waals surface area (Å²) in [5, 5.41) is 0. The predicted octanol–water partition coefficient (Wildman–Crippen LogP) is 3.24. The Labute approximate surface area is 179 Å². The Morgan fingerprint density at radius 2 is 1.57 bits per heavy atom. The lowest BCUT2D eigenvalue weighted by Crippen LogP contribution is -2.50. The quantitative estimate of drug-likeness (QED) is 0.617. The third kappa shape index (κ3) is 6.54. The van der Waals surface area contributed by atoms with Crippen LogP contribution < -0.4 is 0 Å². The fourth-order valence-electron chi connectivity index (χ4n) is 3.68. The van der Waals surface area contributed by atoms with Crippen LogP contribution in [0.2, 0.25) is 0 Å². The largest absolute Gasteiger partial charge is 0.343 e. The number of carbonyl (C=O) groups excluding carboxylic acids is 3. The number of carbonyl (C=O) groups is 3. The molecule has 3 amide bonds.